The van der Waals surface area contributed by atoms with Crippen LogP contribution in [-0.2, 0) is 9.57 Å². The smallest absolute Gasteiger partial charge is 0.387 e. The monoisotopic (exact) mass is 329 g/mol. The van der Waals surface area contributed by atoms with Crippen LogP contribution in [0.25, 0.3) is 5.70 Å². The van der Waals surface area contributed by atoms with E-state index in [1.54, 1.807) is 12.1 Å². The Hall–Kier alpha value is -1.90. The van der Waals surface area contributed by atoms with E-state index in [0.717, 1.165) is 6.42 Å². The fourth-order valence-electron chi connectivity index (χ4n) is 2.51. The van der Waals surface area contributed by atoms with Crippen LogP contribution in [-0.4, -0.2) is 43.7 Å². The zero-order chi connectivity index (χ0) is 16.3. The first kappa shape index (κ1) is 16.0. The summed E-state index contributed by atoms with van der Waals surface area (Å²) in [7, 11) is 0. The van der Waals surface area contributed by atoms with E-state index in [0.29, 0.717) is 24.5 Å². The third-order valence-corrected chi connectivity index (χ3v) is 3.61. The van der Waals surface area contributed by atoms with Crippen molar-refractivity contribution < 1.29 is 32.9 Å². The van der Waals surface area contributed by atoms with Crippen LogP contribution in [0, 0.1) is 0 Å². The first-order valence-corrected chi connectivity index (χ1v) is 7.19. The van der Waals surface area contributed by atoms with E-state index in [1.807, 2.05) is 6.08 Å². The van der Waals surface area contributed by atoms with Crippen molar-refractivity contribution in [2.24, 2.45) is 0 Å². The van der Waals surface area contributed by atoms with Crippen molar-refractivity contribution in [3.05, 3.63) is 29.8 Å². The molecule has 0 bridgehead atoms. The van der Waals surface area contributed by atoms with E-state index < -0.39 is 12.2 Å². The Bertz CT molecular complexity index is 587. The molecule has 0 saturated carbocycles. The maximum Gasteiger partial charge on any atom is 0.387 e. The average Bonchev–Trinajstić information content (AvgIpc) is 3.16. The highest BCUT2D eigenvalue weighted by atomic mass is 19.3. The number of aliphatic hydroxyl groups is 1. The Morgan fingerprint density at radius 3 is 2.91 bits per heavy atom. The van der Waals surface area contributed by atoms with E-state index in [2.05, 4.69) is 10.2 Å². The molecule has 1 spiro atoms. The molecule has 23 heavy (non-hydrogen) atoms. The van der Waals surface area contributed by atoms with Crippen LogP contribution in [0.4, 0.5) is 8.78 Å². The summed E-state index contributed by atoms with van der Waals surface area (Å²) in [6, 6.07) is 4.58. The van der Waals surface area contributed by atoms with Gasteiger partial charge < -0.3 is 19.3 Å². The molecule has 6 nitrogen and oxygen atoms in total. The molecule has 1 atom stereocenters. The lowest BCUT2D eigenvalue weighted by Gasteiger charge is -2.15. The minimum absolute atomic E-state index is 0.0240. The van der Waals surface area contributed by atoms with E-state index >= 15 is 0 Å². The molecule has 2 aliphatic rings. The zero-order valence-electron chi connectivity index (χ0n) is 12.3. The van der Waals surface area contributed by atoms with Crippen molar-refractivity contribution in [1.29, 1.82) is 0 Å². The first-order chi connectivity index (χ1) is 11.1. The van der Waals surface area contributed by atoms with Crippen LogP contribution < -0.4 is 15.0 Å². The van der Waals surface area contributed by atoms with Gasteiger partial charge in [-0.15, -0.1) is 0 Å². The SMILES string of the molecule is OCCOc1cc(C2=CC3(CCOC3)ON2)ccc1OC(F)F. The highest BCUT2D eigenvalue weighted by Gasteiger charge is 2.39. The molecule has 1 saturated heterocycles. The molecule has 1 aromatic rings. The van der Waals surface area contributed by atoms with Crippen molar-refractivity contribution in [3.8, 4) is 11.5 Å². The second-order valence-corrected chi connectivity index (χ2v) is 5.24. The predicted octanol–water partition coefficient (Wildman–Crippen LogP) is 1.69. The maximum atomic E-state index is 12.4. The number of halogens is 2. The fraction of sp³-hybridized carbons (Fsp3) is 0.467. The van der Waals surface area contributed by atoms with Gasteiger partial charge in [0.2, 0.25) is 0 Å². The molecule has 0 aliphatic carbocycles. The minimum Gasteiger partial charge on any atom is -0.487 e. The Balaban J connectivity index is 1.85. The highest BCUT2D eigenvalue weighted by molar-refractivity contribution is 5.68. The van der Waals surface area contributed by atoms with Gasteiger partial charge in [-0.05, 0) is 24.3 Å². The van der Waals surface area contributed by atoms with Gasteiger partial charge in [0.05, 0.1) is 18.9 Å². The van der Waals surface area contributed by atoms with Crippen LogP contribution in [0.2, 0.25) is 0 Å². The van der Waals surface area contributed by atoms with Gasteiger partial charge in [0.25, 0.3) is 0 Å². The Labute approximate surface area is 131 Å². The highest BCUT2D eigenvalue weighted by Crippen LogP contribution is 2.36. The van der Waals surface area contributed by atoms with Crippen LogP contribution in [0.15, 0.2) is 24.3 Å². The lowest BCUT2D eigenvalue weighted by molar-refractivity contribution is -0.0516. The van der Waals surface area contributed by atoms with Gasteiger partial charge in [-0.25, -0.2) is 0 Å². The molecule has 2 heterocycles. The Morgan fingerprint density at radius 2 is 2.22 bits per heavy atom. The van der Waals surface area contributed by atoms with Gasteiger partial charge >= 0.3 is 6.61 Å². The van der Waals surface area contributed by atoms with Crippen molar-refractivity contribution in [2.75, 3.05) is 26.4 Å². The van der Waals surface area contributed by atoms with E-state index in [1.165, 1.54) is 6.07 Å². The number of nitrogens with one attached hydrogen (secondary N) is 1. The van der Waals surface area contributed by atoms with E-state index in [4.69, 9.17) is 19.4 Å². The fourth-order valence-corrected chi connectivity index (χ4v) is 2.51. The first-order valence-electron chi connectivity index (χ1n) is 7.19. The van der Waals surface area contributed by atoms with Crippen molar-refractivity contribution in [1.82, 2.24) is 5.48 Å². The maximum absolute atomic E-state index is 12.4. The van der Waals surface area contributed by atoms with Gasteiger partial charge in [-0.1, -0.05) is 0 Å². The molecular formula is C15H17F2NO5. The summed E-state index contributed by atoms with van der Waals surface area (Å²) in [6.45, 7) is -2.13. The largest absolute Gasteiger partial charge is 0.487 e. The molecule has 2 N–H and O–H groups in total. The van der Waals surface area contributed by atoms with E-state index in [9.17, 15) is 8.78 Å². The normalized spacial score (nSPS) is 23.2. The number of benzene rings is 1. The van der Waals surface area contributed by atoms with Gasteiger partial charge in [-0.3, -0.25) is 10.3 Å². The summed E-state index contributed by atoms with van der Waals surface area (Å²) in [6.07, 6.45) is 2.66. The quantitative estimate of drug-likeness (QED) is 0.828. The van der Waals surface area contributed by atoms with E-state index in [-0.39, 0.29) is 24.7 Å². The molecule has 1 fully saturated rings. The summed E-state index contributed by atoms with van der Waals surface area (Å²) < 4.78 is 39.9. The van der Waals surface area contributed by atoms with Crippen molar-refractivity contribution >= 4 is 5.70 Å². The molecule has 0 amide bonds. The molecular weight excluding hydrogens is 312 g/mol. The number of hydroxylamine groups is 1. The standard InChI is InChI=1S/C15H17F2NO5/c16-14(17)22-12-2-1-10(7-13(12)21-6-4-19)11-8-15(23-18-11)3-5-20-9-15/h1-2,7-8,14,18-19H,3-6,9H2. The second kappa shape index (κ2) is 6.69. The number of alkyl halides is 2. The lowest BCUT2D eigenvalue weighted by Crippen LogP contribution is -2.29. The van der Waals surface area contributed by atoms with Gasteiger partial charge in [0, 0.05) is 18.6 Å². The lowest BCUT2D eigenvalue weighted by atomic mass is 10.0. The molecule has 0 aromatic heterocycles. The summed E-state index contributed by atoms with van der Waals surface area (Å²) in [5.41, 5.74) is 3.75. The summed E-state index contributed by atoms with van der Waals surface area (Å²) >= 11 is 0. The molecule has 2 aliphatic heterocycles. The number of ether oxygens (including phenoxy) is 3. The molecule has 8 heteroatoms. The molecule has 126 valence electrons. The van der Waals surface area contributed by atoms with Crippen molar-refractivity contribution in [3.63, 3.8) is 0 Å². The number of aliphatic hydroxyl groups excluding tert-OH is 1. The molecule has 3 rings (SSSR count). The summed E-state index contributed by atoms with van der Waals surface area (Å²) in [5.74, 6) is 0.0406. The van der Waals surface area contributed by atoms with Gasteiger partial charge in [-0.2, -0.15) is 8.78 Å². The van der Waals surface area contributed by atoms with Crippen LogP contribution >= 0.6 is 0 Å². The number of rotatable bonds is 6. The minimum atomic E-state index is -2.96. The predicted molar refractivity (Wildman–Crippen MR) is 76.0 cm³/mol. The van der Waals surface area contributed by atoms with Gasteiger partial charge in [0.1, 0.15) is 12.2 Å². The molecule has 1 unspecified atom stereocenters. The second-order valence-electron chi connectivity index (χ2n) is 5.24. The third-order valence-electron chi connectivity index (χ3n) is 3.61. The molecule has 1 aromatic carbocycles. The Kier molecular flexibility index (Phi) is 4.65. The van der Waals surface area contributed by atoms with Crippen LogP contribution in [0.5, 0.6) is 11.5 Å². The Morgan fingerprint density at radius 1 is 1.35 bits per heavy atom. The molecule has 0 radical (unpaired) electrons. The van der Waals surface area contributed by atoms with Crippen molar-refractivity contribution in [2.45, 2.75) is 18.6 Å². The third kappa shape index (κ3) is 3.54. The summed E-state index contributed by atoms with van der Waals surface area (Å²) in [5, 5.41) is 8.85. The zero-order valence-corrected chi connectivity index (χ0v) is 12.3. The van der Waals surface area contributed by atoms with Crippen LogP contribution in [0.3, 0.4) is 0 Å². The number of hydrogen-bond acceptors (Lipinski definition) is 6. The van der Waals surface area contributed by atoms with Gasteiger partial charge in [0.15, 0.2) is 11.5 Å². The van der Waals surface area contributed by atoms with Crippen LogP contribution in [0.1, 0.15) is 12.0 Å². The summed E-state index contributed by atoms with van der Waals surface area (Å²) in [4.78, 5) is 5.58. The number of hydrogen-bond donors (Lipinski definition) is 2. The topological polar surface area (TPSA) is 69.2 Å². The average molecular weight is 329 g/mol.